The fourth-order valence-electron chi connectivity index (χ4n) is 2.44. The summed E-state index contributed by atoms with van der Waals surface area (Å²) in [6.45, 7) is 4.95. The van der Waals surface area contributed by atoms with Gasteiger partial charge in [-0.05, 0) is 39.1 Å². The van der Waals surface area contributed by atoms with Gasteiger partial charge in [0.05, 0.1) is 5.69 Å². The Morgan fingerprint density at radius 3 is 2.50 bits per heavy atom. The molecule has 2 rings (SSSR count). The van der Waals surface area contributed by atoms with Crippen LogP contribution in [0.2, 0.25) is 10.0 Å². The Kier molecular flexibility index (Phi) is 5.08. The molecule has 1 unspecified atom stereocenters. The summed E-state index contributed by atoms with van der Waals surface area (Å²) in [5, 5.41) is 9.16. The van der Waals surface area contributed by atoms with E-state index in [1.54, 1.807) is 0 Å². The van der Waals surface area contributed by atoms with E-state index in [1.807, 2.05) is 36.9 Å². The van der Waals surface area contributed by atoms with Gasteiger partial charge in [-0.15, -0.1) is 0 Å². The zero-order valence-electron chi connectivity index (χ0n) is 12.0. The van der Waals surface area contributed by atoms with Crippen LogP contribution in [-0.2, 0) is 13.0 Å². The predicted molar refractivity (Wildman–Crippen MR) is 84.6 cm³/mol. The molecule has 1 atom stereocenters. The van der Waals surface area contributed by atoms with Crippen molar-refractivity contribution in [2.75, 3.05) is 7.05 Å². The molecule has 1 aromatic carbocycles. The van der Waals surface area contributed by atoms with Crippen molar-refractivity contribution in [1.82, 2.24) is 15.1 Å². The Bertz CT molecular complexity index is 573. The molecule has 0 bridgehead atoms. The molecule has 0 saturated heterocycles. The van der Waals surface area contributed by atoms with Crippen LogP contribution in [0.3, 0.4) is 0 Å². The Morgan fingerprint density at radius 1 is 1.30 bits per heavy atom. The molecule has 1 heterocycles. The van der Waals surface area contributed by atoms with E-state index in [9.17, 15) is 0 Å². The largest absolute Gasteiger partial charge is 0.313 e. The zero-order valence-corrected chi connectivity index (χ0v) is 13.5. The summed E-state index contributed by atoms with van der Waals surface area (Å²) >= 11 is 12.6. The van der Waals surface area contributed by atoms with Crippen molar-refractivity contribution >= 4 is 23.2 Å². The second kappa shape index (κ2) is 6.61. The van der Waals surface area contributed by atoms with E-state index >= 15 is 0 Å². The van der Waals surface area contributed by atoms with Gasteiger partial charge in [-0.1, -0.05) is 29.3 Å². The molecule has 0 spiro atoms. The number of likely N-dealkylation sites (N-methyl/N-ethyl adjacent to an activating group) is 1. The first-order chi connectivity index (χ1) is 9.56. The molecule has 3 nitrogen and oxygen atoms in total. The maximum Gasteiger partial charge on any atom is 0.0596 e. The van der Waals surface area contributed by atoms with Crippen molar-refractivity contribution in [1.29, 1.82) is 0 Å². The number of nitrogens with zero attached hydrogens (tertiary/aromatic N) is 2. The predicted octanol–water partition coefficient (Wildman–Crippen LogP) is 4.02. The van der Waals surface area contributed by atoms with Gasteiger partial charge in [0.1, 0.15) is 0 Å². The van der Waals surface area contributed by atoms with Crippen molar-refractivity contribution in [3.63, 3.8) is 0 Å². The lowest BCUT2D eigenvalue weighted by Crippen LogP contribution is -2.21. The van der Waals surface area contributed by atoms with E-state index in [1.165, 1.54) is 5.69 Å². The van der Waals surface area contributed by atoms with Crippen molar-refractivity contribution in [2.45, 2.75) is 32.9 Å². The van der Waals surface area contributed by atoms with E-state index < -0.39 is 0 Å². The van der Waals surface area contributed by atoms with Crippen LogP contribution in [0.5, 0.6) is 0 Å². The van der Waals surface area contributed by atoms with E-state index in [2.05, 4.69) is 23.4 Å². The van der Waals surface area contributed by atoms with Gasteiger partial charge in [-0.2, -0.15) is 5.10 Å². The van der Waals surface area contributed by atoms with Crippen LogP contribution in [0, 0.1) is 6.92 Å². The number of halogens is 2. The standard InChI is InChI=1S/C15H19Cl2N3/c1-4-20-11(8-10(2)19-20)9-14(18-3)15-12(16)6-5-7-13(15)17/h5-8,14,18H,4,9H2,1-3H3. The number of rotatable bonds is 5. The van der Waals surface area contributed by atoms with Crippen molar-refractivity contribution in [3.8, 4) is 0 Å². The smallest absolute Gasteiger partial charge is 0.0596 e. The maximum absolute atomic E-state index is 6.30. The molecule has 0 aliphatic carbocycles. The van der Waals surface area contributed by atoms with Gasteiger partial charge < -0.3 is 5.32 Å². The normalized spacial score (nSPS) is 12.7. The first-order valence-corrected chi connectivity index (χ1v) is 7.46. The van der Waals surface area contributed by atoms with Crippen LogP contribution in [0.15, 0.2) is 24.3 Å². The Morgan fingerprint density at radius 2 is 1.95 bits per heavy atom. The van der Waals surface area contributed by atoms with Crippen LogP contribution in [0.4, 0.5) is 0 Å². The minimum Gasteiger partial charge on any atom is -0.313 e. The molecule has 0 aliphatic heterocycles. The lowest BCUT2D eigenvalue weighted by atomic mass is 10.0. The molecular formula is C15H19Cl2N3. The first-order valence-electron chi connectivity index (χ1n) is 6.71. The highest BCUT2D eigenvalue weighted by atomic mass is 35.5. The fraction of sp³-hybridized carbons (Fsp3) is 0.400. The SMILES string of the molecule is CCn1nc(C)cc1CC(NC)c1c(Cl)cccc1Cl. The third-order valence-corrected chi connectivity index (χ3v) is 4.05. The number of hydrogen-bond acceptors (Lipinski definition) is 2. The highest BCUT2D eigenvalue weighted by Gasteiger charge is 2.19. The molecule has 108 valence electrons. The molecule has 1 aromatic heterocycles. The van der Waals surface area contributed by atoms with Gasteiger partial charge in [0.2, 0.25) is 0 Å². The highest BCUT2D eigenvalue weighted by molar-refractivity contribution is 6.36. The summed E-state index contributed by atoms with van der Waals surface area (Å²) in [7, 11) is 1.92. The second-order valence-electron chi connectivity index (χ2n) is 4.77. The van der Waals surface area contributed by atoms with Crippen LogP contribution < -0.4 is 5.32 Å². The lowest BCUT2D eigenvalue weighted by molar-refractivity contribution is 0.541. The minimum atomic E-state index is 0.0672. The van der Waals surface area contributed by atoms with E-state index in [0.29, 0.717) is 10.0 Å². The average molecular weight is 312 g/mol. The topological polar surface area (TPSA) is 29.9 Å². The third kappa shape index (κ3) is 3.17. The van der Waals surface area contributed by atoms with E-state index in [-0.39, 0.29) is 6.04 Å². The summed E-state index contributed by atoms with van der Waals surface area (Å²) < 4.78 is 2.02. The summed E-state index contributed by atoms with van der Waals surface area (Å²) in [5.41, 5.74) is 3.15. The molecule has 0 fully saturated rings. The quantitative estimate of drug-likeness (QED) is 0.903. The number of aryl methyl sites for hydroxylation is 2. The molecule has 0 saturated carbocycles. The Labute approximate surface area is 129 Å². The molecular weight excluding hydrogens is 293 g/mol. The first kappa shape index (κ1) is 15.4. The number of aromatic nitrogens is 2. The monoisotopic (exact) mass is 311 g/mol. The van der Waals surface area contributed by atoms with Gasteiger partial charge in [-0.25, -0.2) is 0 Å². The molecule has 2 aromatic rings. The van der Waals surface area contributed by atoms with Crippen LogP contribution in [-0.4, -0.2) is 16.8 Å². The van der Waals surface area contributed by atoms with Gasteiger partial charge in [-0.3, -0.25) is 4.68 Å². The van der Waals surface area contributed by atoms with Gasteiger partial charge >= 0.3 is 0 Å². The molecule has 1 N–H and O–H groups in total. The number of benzene rings is 1. The lowest BCUT2D eigenvalue weighted by Gasteiger charge is -2.19. The molecule has 20 heavy (non-hydrogen) atoms. The third-order valence-electron chi connectivity index (χ3n) is 3.39. The summed E-state index contributed by atoms with van der Waals surface area (Å²) in [4.78, 5) is 0. The highest BCUT2D eigenvalue weighted by Crippen LogP contribution is 2.32. The number of hydrogen-bond donors (Lipinski definition) is 1. The summed E-state index contributed by atoms with van der Waals surface area (Å²) in [6.07, 6.45) is 0.800. The summed E-state index contributed by atoms with van der Waals surface area (Å²) in [6, 6.07) is 7.78. The van der Waals surface area contributed by atoms with Crippen LogP contribution >= 0.6 is 23.2 Å². The minimum absolute atomic E-state index is 0.0672. The summed E-state index contributed by atoms with van der Waals surface area (Å²) in [5.74, 6) is 0. The molecule has 0 aliphatic rings. The fourth-order valence-corrected chi connectivity index (χ4v) is 3.10. The van der Waals surface area contributed by atoms with Gasteiger partial charge in [0.15, 0.2) is 0 Å². The van der Waals surface area contributed by atoms with E-state index in [4.69, 9.17) is 23.2 Å². The van der Waals surface area contributed by atoms with Gasteiger partial charge in [0, 0.05) is 40.3 Å². The van der Waals surface area contributed by atoms with Crippen molar-refractivity contribution < 1.29 is 0 Å². The van der Waals surface area contributed by atoms with Crippen molar-refractivity contribution in [2.24, 2.45) is 0 Å². The van der Waals surface area contributed by atoms with E-state index in [0.717, 1.165) is 24.2 Å². The Hall–Kier alpha value is -1.03. The van der Waals surface area contributed by atoms with Crippen molar-refractivity contribution in [3.05, 3.63) is 51.3 Å². The number of nitrogens with one attached hydrogen (secondary N) is 1. The van der Waals surface area contributed by atoms with Crippen LogP contribution in [0.1, 0.15) is 29.9 Å². The second-order valence-corrected chi connectivity index (χ2v) is 5.59. The van der Waals surface area contributed by atoms with Gasteiger partial charge in [0.25, 0.3) is 0 Å². The maximum atomic E-state index is 6.30. The van der Waals surface area contributed by atoms with Crippen LogP contribution in [0.25, 0.3) is 0 Å². The molecule has 5 heteroatoms. The molecule has 0 amide bonds. The molecule has 0 radical (unpaired) electrons. The average Bonchev–Trinajstić information content (AvgIpc) is 2.77. The zero-order chi connectivity index (χ0) is 14.7. The Balaban J connectivity index is 2.33.